The molecule has 0 aliphatic rings. The Balaban J connectivity index is 1.46. The Kier molecular flexibility index (Phi) is 8.78. The maximum Gasteiger partial charge on any atom is 0.345 e. The number of sulfonamides is 1. The van der Waals surface area contributed by atoms with Crippen molar-refractivity contribution in [3.8, 4) is 11.1 Å². The molecule has 2 heterocycles. The summed E-state index contributed by atoms with van der Waals surface area (Å²) >= 11 is 0. The van der Waals surface area contributed by atoms with E-state index in [4.69, 9.17) is 0 Å². The van der Waals surface area contributed by atoms with Gasteiger partial charge < -0.3 is 20.7 Å². The normalized spacial score (nSPS) is 13.0. The molecular formula is C31H33N7O5S. The molecule has 0 saturated carbocycles. The lowest BCUT2D eigenvalue weighted by Gasteiger charge is -2.32. The predicted molar refractivity (Wildman–Crippen MR) is 167 cm³/mol. The molecule has 0 aliphatic carbocycles. The molecule has 5 aromatic rings. The zero-order valence-electron chi connectivity index (χ0n) is 24.2. The smallest absolute Gasteiger partial charge is 0.345 e. The molecule has 3 aromatic carbocycles. The third-order valence-electron chi connectivity index (χ3n) is 7.33. The third kappa shape index (κ3) is 6.48. The third-order valence-corrected chi connectivity index (χ3v) is 9.13. The number of unbranched alkanes of at least 4 members (excludes halogenated alkanes) is 1. The van der Waals surface area contributed by atoms with Gasteiger partial charge in [0.25, 0.3) is 5.91 Å². The van der Waals surface area contributed by atoms with Gasteiger partial charge in [-0.25, -0.2) is 18.2 Å². The molecule has 0 fully saturated rings. The zero-order valence-corrected chi connectivity index (χ0v) is 25.0. The maximum absolute atomic E-state index is 14.0. The number of aromatic amines is 2. The number of aliphatic carboxylic acids is 1. The summed E-state index contributed by atoms with van der Waals surface area (Å²) in [5.41, 5.74) is 0.785. The van der Waals surface area contributed by atoms with Crippen molar-refractivity contribution in [1.29, 1.82) is 0 Å². The minimum absolute atomic E-state index is 0.0489. The van der Waals surface area contributed by atoms with Crippen LogP contribution < -0.4 is 15.4 Å². The number of rotatable bonds is 13. The molecular weight excluding hydrogens is 582 g/mol. The fraction of sp³-hybridized carbons (Fsp3) is 0.226. The minimum atomic E-state index is -4.46. The van der Waals surface area contributed by atoms with E-state index in [0.717, 1.165) is 11.1 Å². The molecule has 13 heteroatoms. The standard InChI is InChI=1S/C31H33N7O5S/c1-20-17-24(22-9-4-3-5-10-22)18-21(2)27(20)44(42,43)38-31(29(40)41,13-6-7-14-32-30-33-15-16-34-30)36-28(39)25-12-8-11-23-19-35-37-26(23)25/h3-5,8-12,15-19,38H,6-7,13-14H2,1-2H3,(H,35,37)(H,36,39)(H,40,41)(H2,32,33,34). The van der Waals surface area contributed by atoms with Gasteiger partial charge in [0.1, 0.15) is 0 Å². The van der Waals surface area contributed by atoms with Crippen LogP contribution in [-0.2, 0) is 14.8 Å². The van der Waals surface area contributed by atoms with Crippen molar-refractivity contribution in [1.82, 2.24) is 30.2 Å². The highest BCUT2D eigenvalue weighted by atomic mass is 32.2. The van der Waals surface area contributed by atoms with Crippen molar-refractivity contribution in [2.75, 3.05) is 11.9 Å². The first-order valence-corrected chi connectivity index (χ1v) is 15.5. The number of para-hydroxylation sites is 1. The van der Waals surface area contributed by atoms with Crippen molar-refractivity contribution >= 4 is 38.8 Å². The molecule has 1 atom stereocenters. The molecule has 5 rings (SSSR count). The van der Waals surface area contributed by atoms with Crippen LogP contribution in [0.25, 0.3) is 22.0 Å². The van der Waals surface area contributed by atoms with Gasteiger partial charge in [-0.15, -0.1) is 0 Å². The van der Waals surface area contributed by atoms with E-state index < -0.39 is 27.6 Å². The minimum Gasteiger partial charge on any atom is -0.478 e. The van der Waals surface area contributed by atoms with Crippen molar-refractivity contribution in [2.24, 2.45) is 0 Å². The highest BCUT2D eigenvalue weighted by molar-refractivity contribution is 7.89. The lowest BCUT2D eigenvalue weighted by atomic mass is 10.0. The summed E-state index contributed by atoms with van der Waals surface area (Å²) in [4.78, 5) is 33.5. The fourth-order valence-corrected chi connectivity index (χ4v) is 7.06. The van der Waals surface area contributed by atoms with Gasteiger partial charge in [-0.1, -0.05) is 54.6 Å². The summed E-state index contributed by atoms with van der Waals surface area (Å²) in [6.07, 6.45) is 5.29. The number of imidazole rings is 1. The second kappa shape index (κ2) is 12.7. The van der Waals surface area contributed by atoms with E-state index in [1.165, 1.54) is 12.3 Å². The molecule has 1 unspecified atom stereocenters. The van der Waals surface area contributed by atoms with E-state index >= 15 is 0 Å². The lowest BCUT2D eigenvalue weighted by molar-refractivity contribution is -0.145. The Morgan fingerprint density at radius 2 is 1.73 bits per heavy atom. The van der Waals surface area contributed by atoms with E-state index in [9.17, 15) is 23.1 Å². The number of nitrogens with one attached hydrogen (secondary N) is 5. The zero-order chi connectivity index (χ0) is 31.3. The van der Waals surface area contributed by atoms with Crippen LogP contribution in [0.3, 0.4) is 0 Å². The van der Waals surface area contributed by atoms with Crippen LogP contribution >= 0.6 is 0 Å². The second-order valence-corrected chi connectivity index (χ2v) is 12.2. The highest BCUT2D eigenvalue weighted by Crippen LogP contribution is 2.29. The van der Waals surface area contributed by atoms with Gasteiger partial charge >= 0.3 is 5.97 Å². The fourth-order valence-electron chi connectivity index (χ4n) is 5.30. The van der Waals surface area contributed by atoms with Crippen LogP contribution in [0.1, 0.15) is 40.7 Å². The average molecular weight is 616 g/mol. The molecule has 6 N–H and O–H groups in total. The van der Waals surface area contributed by atoms with Crippen LogP contribution in [-0.4, -0.2) is 57.8 Å². The number of carbonyl (C=O) groups excluding carboxylic acids is 1. The number of hydrogen-bond donors (Lipinski definition) is 6. The summed E-state index contributed by atoms with van der Waals surface area (Å²) in [5, 5.41) is 23.5. The predicted octanol–water partition coefficient (Wildman–Crippen LogP) is 4.34. The van der Waals surface area contributed by atoms with E-state index in [0.29, 0.717) is 40.9 Å². The topological polar surface area (TPSA) is 182 Å². The van der Waals surface area contributed by atoms with Crippen LogP contribution in [0.5, 0.6) is 0 Å². The summed E-state index contributed by atoms with van der Waals surface area (Å²) < 4.78 is 30.4. The van der Waals surface area contributed by atoms with Crippen LogP contribution in [0, 0.1) is 13.8 Å². The molecule has 2 aromatic heterocycles. The first kappa shape index (κ1) is 30.4. The van der Waals surface area contributed by atoms with Gasteiger partial charge in [0.05, 0.1) is 22.2 Å². The van der Waals surface area contributed by atoms with Gasteiger partial charge in [0.2, 0.25) is 15.7 Å². The molecule has 0 radical (unpaired) electrons. The Hall–Kier alpha value is -5.01. The van der Waals surface area contributed by atoms with E-state index in [1.807, 2.05) is 30.3 Å². The van der Waals surface area contributed by atoms with Crippen LogP contribution in [0.4, 0.5) is 5.95 Å². The van der Waals surface area contributed by atoms with E-state index in [2.05, 4.69) is 35.5 Å². The highest BCUT2D eigenvalue weighted by Gasteiger charge is 2.44. The molecule has 0 bridgehead atoms. The Morgan fingerprint density at radius 3 is 2.41 bits per heavy atom. The lowest BCUT2D eigenvalue weighted by Crippen LogP contribution is -2.65. The van der Waals surface area contributed by atoms with Gasteiger partial charge in [-0.3, -0.25) is 9.89 Å². The van der Waals surface area contributed by atoms with E-state index in [1.54, 1.807) is 50.5 Å². The first-order chi connectivity index (χ1) is 21.1. The summed E-state index contributed by atoms with van der Waals surface area (Å²) in [5.74, 6) is -1.76. The van der Waals surface area contributed by atoms with Crippen molar-refractivity contribution < 1.29 is 23.1 Å². The number of carboxylic acid groups (broad SMARTS) is 1. The second-order valence-electron chi connectivity index (χ2n) is 10.5. The number of benzene rings is 3. The van der Waals surface area contributed by atoms with Gasteiger partial charge in [-0.2, -0.15) is 9.82 Å². The molecule has 1 amide bonds. The number of nitrogens with zero attached hydrogens (tertiary/aromatic N) is 2. The number of aryl methyl sites for hydroxylation is 2. The van der Waals surface area contributed by atoms with Crippen LogP contribution in [0.15, 0.2) is 84.1 Å². The molecule has 228 valence electrons. The van der Waals surface area contributed by atoms with E-state index in [-0.39, 0.29) is 23.3 Å². The van der Waals surface area contributed by atoms with Gasteiger partial charge in [0.15, 0.2) is 5.95 Å². The SMILES string of the molecule is Cc1cc(-c2ccccc2)cc(C)c1S(=O)(=O)NC(CCCCNc1ncc[nH]1)(NC(=O)c1cccc2cn[nH]c12)C(=O)O. The van der Waals surface area contributed by atoms with Crippen molar-refractivity contribution in [2.45, 2.75) is 43.7 Å². The largest absolute Gasteiger partial charge is 0.478 e. The maximum atomic E-state index is 14.0. The number of carbonyl (C=O) groups is 2. The first-order valence-electron chi connectivity index (χ1n) is 14.0. The number of fused-ring (bicyclic) bond motifs is 1. The summed E-state index contributed by atoms with van der Waals surface area (Å²) in [7, 11) is -4.46. The van der Waals surface area contributed by atoms with Crippen molar-refractivity contribution in [3.05, 3.63) is 95.9 Å². The Bertz CT molecular complexity index is 1870. The van der Waals surface area contributed by atoms with Gasteiger partial charge in [0, 0.05) is 24.3 Å². The molecule has 44 heavy (non-hydrogen) atoms. The average Bonchev–Trinajstić information content (AvgIpc) is 3.69. The number of anilines is 1. The molecule has 0 aliphatic heterocycles. The summed E-state index contributed by atoms with van der Waals surface area (Å²) in [6.45, 7) is 3.76. The van der Waals surface area contributed by atoms with Crippen molar-refractivity contribution in [3.63, 3.8) is 0 Å². The van der Waals surface area contributed by atoms with Crippen LogP contribution in [0.2, 0.25) is 0 Å². The number of amides is 1. The number of H-pyrrole nitrogens is 2. The number of carboxylic acids is 1. The quantitative estimate of drug-likeness (QED) is 0.0835. The molecule has 0 saturated heterocycles. The van der Waals surface area contributed by atoms with Gasteiger partial charge in [-0.05, 0) is 61.4 Å². The summed E-state index contributed by atoms with van der Waals surface area (Å²) in [6, 6.07) is 17.9. The molecule has 0 spiro atoms. The Morgan fingerprint density at radius 1 is 0.977 bits per heavy atom. The Labute approximate surface area is 254 Å². The number of hydrogen-bond acceptors (Lipinski definition) is 7. The molecule has 12 nitrogen and oxygen atoms in total. The monoisotopic (exact) mass is 615 g/mol. The number of aromatic nitrogens is 4.